The highest BCUT2D eigenvalue weighted by Gasteiger charge is 2.27. The number of benzene rings is 2. The van der Waals surface area contributed by atoms with E-state index in [1.54, 1.807) is 50.5 Å². The Morgan fingerprint density at radius 2 is 1.61 bits per heavy atom. The molecule has 0 spiro atoms. The fourth-order valence-electron chi connectivity index (χ4n) is 4.17. The van der Waals surface area contributed by atoms with Crippen molar-refractivity contribution in [3.05, 3.63) is 48.0 Å². The fourth-order valence-corrected chi connectivity index (χ4v) is 4.17. The van der Waals surface area contributed by atoms with Crippen LogP contribution >= 0.6 is 0 Å². The van der Waals surface area contributed by atoms with Crippen LogP contribution in [-0.2, 0) is 16.0 Å². The summed E-state index contributed by atoms with van der Waals surface area (Å²) < 4.78 is 15.9. The van der Waals surface area contributed by atoms with E-state index < -0.39 is 6.04 Å². The van der Waals surface area contributed by atoms with Gasteiger partial charge in [-0.2, -0.15) is 0 Å². The van der Waals surface area contributed by atoms with Crippen molar-refractivity contribution < 1.29 is 28.6 Å². The Balaban J connectivity index is 1.56. The van der Waals surface area contributed by atoms with Gasteiger partial charge in [-0.3, -0.25) is 9.59 Å². The molecular weight excluding hydrogens is 464 g/mol. The quantitative estimate of drug-likeness (QED) is 0.489. The average molecular weight is 499 g/mol. The lowest BCUT2D eigenvalue weighted by atomic mass is 10.0. The number of carbonyl (C=O) groups excluding carboxylic acids is 3. The zero-order chi connectivity index (χ0) is 26.1. The Labute approximate surface area is 211 Å². The first-order valence-corrected chi connectivity index (χ1v) is 11.8. The van der Waals surface area contributed by atoms with Crippen LogP contribution in [-0.4, -0.2) is 69.2 Å². The van der Waals surface area contributed by atoms with E-state index in [9.17, 15) is 14.4 Å². The van der Waals surface area contributed by atoms with Crippen molar-refractivity contribution in [3.63, 3.8) is 0 Å². The predicted molar refractivity (Wildman–Crippen MR) is 136 cm³/mol. The van der Waals surface area contributed by atoms with Crippen molar-refractivity contribution >= 4 is 23.5 Å². The minimum Gasteiger partial charge on any atom is -0.495 e. The molecule has 1 atom stereocenters. The molecule has 1 aliphatic rings. The molecule has 0 bridgehead atoms. The Kier molecular flexibility index (Phi) is 9.38. The van der Waals surface area contributed by atoms with Gasteiger partial charge in [0.1, 0.15) is 11.8 Å². The number of rotatable bonds is 9. The van der Waals surface area contributed by atoms with Crippen LogP contribution in [0.5, 0.6) is 17.2 Å². The number of hydrogen-bond donors (Lipinski definition) is 3. The topological polar surface area (TPSA) is 118 Å². The number of methoxy groups -OCH3 is 3. The lowest BCUT2D eigenvalue weighted by molar-refractivity contribution is -0.128. The summed E-state index contributed by atoms with van der Waals surface area (Å²) in [6, 6.07) is 11.6. The number of ether oxygens (including phenoxy) is 3. The van der Waals surface area contributed by atoms with Gasteiger partial charge in [0, 0.05) is 32.5 Å². The van der Waals surface area contributed by atoms with Gasteiger partial charge in [0.2, 0.25) is 11.8 Å². The van der Waals surface area contributed by atoms with Crippen molar-refractivity contribution in [3.8, 4) is 17.2 Å². The second kappa shape index (κ2) is 12.7. The van der Waals surface area contributed by atoms with Gasteiger partial charge in [0.25, 0.3) is 0 Å². The van der Waals surface area contributed by atoms with Crippen molar-refractivity contribution in [1.29, 1.82) is 0 Å². The fraction of sp³-hybridized carbons (Fsp3) is 0.423. The first kappa shape index (κ1) is 26.7. The van der Waals surface area contributed by atoms with E-state index >= 15 is 0 Å². The number of anilines is 1. The number of carbonyl (C=O) groups is 3. The molecule has 0 aliphatic carbocycles. The number of piperidine rings is 1. The lowest BCUT2D eigenvalue weighted by Crippen LogP contribution is -2.53. The molecule has 1 aliphatic heterocycles. The van der Waals surface area contributed by atoms with Crippen molar-refractivity contribution in [2.75, 3.05) is 39.7 Å². The Bertz CT molecular complexity index is 1070. The molecule has 0 radical (unpaired) electrons. The summed E-state index contributed by atoms with van der Waals surface area (Å²) in [6.07, 6.45) is 1.51. The normalized spacial score (nSPS) is 14.4. The van der Waals surface area contributed by atoms with Gasteiger partial charge < -0.3 is 35.1 Å². The number of urea groups is 1. The number of hydrogen-bond acceptors (Lipinski definition) is 6. The summed E-state index contributed by atoms with van der Waals surface area (Å²) in [5, 5.41) is 8.65. The predicted octanol–water partition coefficient (Wildman–Crippen LogP) is 2.57. The Hall–Kier alpha value is -3.95. The van der Waals surface area contributed by atoms with Gasteiger partial charge >= 0.3 is 6.03 Å². The minimum absolute atomic E-state index is 0.102. The van der Waals surface area contributed by atoms with Crippen LogP contribution in [0.15, 0.2) is 42.5 Å². The number of nitrogens with zero attached hydrogens (tertiary/aromatic N) is 1. The highest BCUT2D eigenvalue weighted by molar-refractivity contribution is 5.91. The third-order valence-electron chi connectivity index (χ3n) is 6.06. The van der Waals surface area contributed by atoms with E-state index in [1.165, 1.54) is 6.92 Å². The van der Waals surface area contributed by atoms with Crippen LogP contribution in [0.1, 0.15) is 25.3 Å². The van der Waals surface area contributed by atoms with Gasteiger partial charge in [-0.1, -0.05) is 18.2 Å². The average Bonchev–Trinajstić information content (AvgIpc) is 2.88. The second-order valence-electron chi connectivity index (χ2n) is 8.55. The van der Waals surface area contributed by atoms with Crippen molar-refractivity contribution in [1.82, 2.24) is 15.5 Å². The number of para-hydroxylation sites is 2. The summed E-state index contributed by atoms with van der Waals surface area (Å²) in [5.41, 5.74) is 1.43. The zero-order valence-electron chi connectivity index (χ0n) is 21.1. The molecule has 1 heterocycles. The largest absolute Gasteiger partial charge is 0.495 e. The molecule has 10 heteroatoms. The van der Waals surface area contributed by atoms with Gasteiger partial charge in [-0.05, 0) is 42.7 Å². The highest BCUT2D eigenvalue weighted by Crippen LogP contribution is 2.28. The van der Waals surface area contributed by atoms with Crippen LogP contribution in [0, 0.1) is 0 Å². The van der Waals surface area contributed by atoms with E-state index in [1.807, 2.05) is 18.2 Å². The standard InChI is InChI=1S/C26H34N4O6/c1-17(31)27-21(15-18-9-10-23(35-3)24(16-18)36-4)25(32)28-19-11-13-30(14-12-19)26(33)29-20-7-5-6-8-22(20)34-2/h5-10,16,19,21H,11-15H2,1-4H3,(H,27,31)(H,28,32)(H,29,33)/t21-/m0/s1. The van der Waals surface area contributed by atoms with Gasteiger partial charge in [0.05, 0.1) is 27.0 Å². The Morgan fingerprint density at radius 1 is 0.944 bits per heavy atom. The maximum atomic E-state index is 13.1. The summed E-state index contributed by atoms with van der Waals surface area (Å²) >= 11 is 0. The van der Waals surface area contributed by atoms with E-state index in [4.69, 9.17) is 14.2 Å². The van der Waals surface area contributed by atoms with Crippen LogP contribution in [0.4, 0.5) is 10.5 Å². The van der Waals surface area contributed by atoms with E-state index in [2.05, 4.69) is 16.0 Å². The molecule has 194 valence electrons. The van der Waals surface area contributed by atoms with Gasteiger partial charge in [-0.25, -0.2) is 4.79 Å². The lowest BCUT2D eigenvalue weighted by Gasteiger charge is -2.33. The van der Waals surface area contributed by atoms with Gasteiger partial charge in [0.15, 0.2) is 11.5 Å². The molecule has 3 rings (SSSR count). The molecule has 0 aromatic heterocycles. The molecule has 1 saturated heterocycles. The first-order valence-electron chi connectivity index (χ1n) is 11.8. The van der Waals surface area contributed by atoms with Crippen molar-refractivity contribution in [2.45, 2.75) is 38.3 Å². The first-order chi connectivity index (χ1) is 17.3. The van der Waals surface area contributed by atoms with E-state index in [-0.39, 0.29) is 23.9 Å². The third-order valence-corrected chi connectivity index (χ3v) is 6.06. The minimum atomic E-state index is -0.743. The van der Waals surface area contributed by atoms with Crippen LogP contribution in [0.25, 0.3) is 0 Å². The summed E-state index contributed by atoms with van der Waals surface area (Å²) in [5.74, 6) is 1.17. The molecule has 0 saturated carbocycles. The molecule has 10 nitrogen and oxygen atoms in total. The van der Waals surface area contributed by atoms with Crippen molar-refractivity contribution in [2.24, 2.45) is 0 Å². The second-order valence-corrected chi connectivity index (χ2v) is 8.55. The third kappa shape index (κ3) is 7.03. The summed E-state index contributed by atoms with van der Waals surface area (Å²) in [6.45, 7) is 2.37. The molecule has 36 heavy (non-hydrogen) atoms. The smallest absolute Gasteiger partial charge is 0.321 e. The maximum absolute atomic E-state index is 13.1. The Morgan fingerprint density at radius 3 is 2.25 bits per heavy atom. The zero-order valence-corrected chi connectivity index (χ0v) is 21.1. The highest BCUT2D eigenvalue weighted by atomic mass is 16.5. The van der Waals surface area contributed by atoms with E-state index in [0.717, 1.165) is 5.56 Å². The molecule has 3 N–H and O–H groups in total. The van der Waals surface area contributed by atoms with Crippen LogP contribution in [0.3, 0.4) is 0 Å². The molecule has 1 fully saturated rings. The number of amides is 4. The monoisotopic (exact) mass is 498 g/mol. The van der Waals surface area contributed by atoms with Crippen LogP contribution < -0.4 is 30.2 Å². The molecule has 0 unspecified atom stereocenters. The SMILES string of the molecule is COc1ccccc1NC(=O)N1CCC(NC(=O)[C@H](Cc2ccc(OC)c(OC)c2)NC(C)=O)CC1. The van der Waals surface area contributed by atoms with Crippen LogP contribution in [0.2, 0.25) is 0 Å². The molecular formula is C26H34N4O6. The molecule has 2 aromatic carbocycles. The number of likely N-dealkylation sites (tertiary alicyclic amines) is 1. The van der Waals surface area contributed by atoms with E-state index in [0.29, 0.717) is 55.3 Å². The maximum Gasteiger partial charge on any atom is 0.321 e. The molecule has 2 aromatic rings. The summed E-state index contributed by atoms with van der Waals surface area (Å²) in [4.78, 5) is 39.3. The molecule has 4 amide bonds. The number of nitrogens with one attached hydrogen (secondary N) is 3. The summed E-state index contributed by atoms with van der Waals surface area (Å²) in [7, 11) is 4.65. The van der Waals surface area contributed by atoms with Gasteiger partial charge in [-0.15, -0.1) is 0 Å².